The van der Waals surface area contributed by atoms with Crippen LogP contribution < -0.4 is 5.32 Å². The lowest BCUT2D eigenvalue weighted by Crippen LogP contribution is -2.32. The largest absolute Gasteiger partial charge is 0.385 e. The van der Waals surface area contributed by atoms with Crippen molar-refractivity contribution < 1.29 is 9.53 Å². The first-order valence-corrected chi connectivity index (χ1v) is 7.79. The molecule has 2 unspecified atom stereocenters. The van der Waals surface area contributed by atoms with Crippen molar-refractivity contribution in [3.63, 3.8) is 0 Å². The van der Waals surface area contributed by atoms with E-state index in [4.69, 9.17) is 4.74 Å². The second-order valence-corrected chi connectivity index (χ2v) is 5.70. The highest BCUT2D eigenvalue weighted by atomic mass is 16.5. The van der Waals surface area contributed by atoms with Gasteiger partial charge in [-0.2, -0.15) is 0 Å². The molecule has 4 heteroatoms. The summed E-state index contributed by atoms with van der Waals surface area (Å²) in [5, 5.41) is 3.50. The number of amides is 1. The smallest absolute Gasteiger partial charge is 0.241 e. The molecule has 0 spiro atoms. The lowest BCUT2D eigenvalue weighted by Gasteiger charge is -2.24. The molecule has 1 fully saturated rings. The topological polar surface area (TPSA) is 41.6 Å². The molecule has 0 aromatic heterocycles. The van der Waals surface area contributed by atoms with E-state index >= 15 is 0 Å². The van der Waals surface area contributed by atoms with E-state index in [0.717, 1.165) is 25.8 Å². The number of nitrogens with zero attached hydrogens (tertiary/aromatic N) is 1. The van der Waals surface area contributed by atoms with E-state index in [0.29, 0.717) is 6.61 Å². The van der Waals surface area contributed by atoms with Gasteiger partial charge in [-0.3, -0.25) is 10.1 Å². The van der Waals surface area contributed by atoms with Gasteiger partial charge in [-0.15, -0.1) is 0 Å². The van der Waals surface area contributed by atoms with Crippen molar-refractivity contribution in [1.82, 2.24) is 10.2 Å². The molecule has 4 nitrogen and oxygen atoms in total. The predicted molar refractivity (Wildman–Crippen MR) is 84.0 cm³/mol. The van der Waals surface area contributed by atoms with Crippen molar-refractivity contribution in [3.8, 4) is 0 Å². The molecule has 1 saturated heterocycles. The summed E-state index contributed by atoms with van der Waals surface area (Å²) in [7, 11) is 1.70. The summed E-state index contributed by atoms with van der Waals surface area (Å²) in [5.41, 5.74) is 2.39. The molecular weight excluding hydrogens is 264 g/mol. The van der Waals surface area contributed by atoms with Crippen molar-refractivity contribution in [2.75, 3.05) is 20.3 Å². The van der Waals surface area contributed by atoms with E-state index in [1.807, 2.05) is 4.90 Å². The lowest BCUT2D eigenvalue weighted by atomic mass is 10.1. The van der Waals surface area contributed by atoms with Crippen molar-refractivity contribution in [2.24, 2.45) is 0 Å². The third-order valence-corrected chi connectivity index (χ3v) is 3.93. The van der Waals surface area contributed by atoms with Crippen LogP contribution in [0.3, 0.4) is 0 Å². The van der Waals surface area contributed by atoms with Crippen LogP contribution in [0.1, 0.15) is 43.5 Å². The minimum Gasteiger partial charge on any atom is -0.385 e. The van der Waals surface area contributed by atoms with Crippen LogP contribution in [0.15, 0.2) is 24.3 Å². The maximum atomic E-state index is 12.6. The van der Waals surface area contributed by atoms with E-state index in [2.05, 4.69) is 43.4 Å². The first-order chi connectivity index (χ1) is 10.2. The summed E-state index contributed by atoms with van der Waals surface area (Å²) in [6.45, 7) is 5.62. The van der Waals surface area contributed by atoms with Crippen molar-refractivity contribution in [3.05, 3.63) is 35.4 Å². The molecule has 1 aliphatic rings. The Hall–Kier alpha value is -1.39. The molecule has 1 heterocycles. The second kappa shape index (κ2) is 7.57. The molecule has 2 rings (SSSR count). The fourth-order valence-corrected chi connectivity index (χ4v) is 2.91. The van der Waals surface area contributed by atoms with Gasteiger partial charge in [-0.05, 0) is 25.3 Å². The van der Waals surface area contributed by atoms with Gasteiger partial charge in [0, 0.05) is 20.3 Å². The third kappa shape index (κ3) is 3.83. The highest BCUT2D eigenvalue weighted by Crippen LogP contribution is 2.27. The normalized spacial score (nSPS) is 22.0. The maximum Gasteiger partial charge on any atom is 0.241 e. The van der Waals surface area contributed by atoms with E-state index in [-0.39, 0.29) is 18.1 Å². The van der Waals surface area contributed by atoms with Crippen LogP contribution in [0, 0.1) is 6.92 Å². The Morgan fingerprint density at radius 1 is 1.38 bits per heavy atom. The van der Waals surface area contributed by atoms with Gasteiger partial charge in [0.15, 0.2) is 0 Å². The minimum absolute atomic E-state index is 0.00851. The molecule has 21 heavy (non-hydrogen) atoms. The van der Waals surface area contributed by atoms with Gasteiger partial charge in [-0.1, -0.05) is 43.2 Å². The fourth-order valence-electron chi connectivity index (χ4n) is 2.91. The Bertz CT molecular complexity index is 476. The quantitative estimate of drug-likeness (QED) is 0.785. The molecule has 1 amide bonds. The molecule has 2 atom stereocenters. The van der Waals surface area contributed by atoms with Gasteiger partial charge in [-0.25, -0.2) is 0 Å². The summed E-state index contributed by atoms with van der Waals surface area (Å²) in [6, 6.07) is 8.33. The number of hydrogen-bond donors (Lipinski definition) is 1. The average Bonchev–Trinajstić information content (AvgIpc) is 2.77. The number of ether oxygens (including phenoxy) is 1. The van der Waals surface area contributed by atoms with Crippen LogP contribution in [0.5, 0.6) is 0 Å². The van der Waals surface area contributed by atoms with Crippen LogP contribution in [-0.4, -0.2) is 37.1 Å². The Morgan fingerprint density at radius 2 is 2.19 bits per heavy atom. The van der Waals surface area contributed by atoms with Gasteiger partial charge < -0.3 is 9.64 Å². The van der Waals surface area contributed by atoms with Crippen LogP contribution in [-0.2, 0) is 9.53 Å². The molecule has 0 radical (unpaired) electrons. The zero-order valence-electron chi connectivity index (χ0n) is 13.3. The summed E-state index contributed by atoms with van der Waals surface area (Å²) in [6.07, 6.45) is 2.76. The number of aryl methyl sites for hydroxylation is 1. The molecule has 116 valence electrons. The summed E-state index contributed by atoms with van der Waals surface area (Å²) in [4.78, 5) is 14.5. The standard InChI is InChI=1S/C17H26N2O2/c1-4-7-15-17(20)19(10-6-11-21-3)16(18-15)14-9-5-8-13(2)12-14/h5,8-9,12,15-16,18H,4,6-7,10-11H2,1-3H3. The van der Waals surface area contributed by atoms with Gasteiger partial charge in [0.1, 0.15) is 6.17 Å². The number of carbonyl (C=O) groups excluding carboxylic acids is 1. The van der Waals surface area contributed by atoms with Gasteiger partial charge >= 0.3 is 0 Å². The van der Waals surface area contributed by atoms with Crippen LogP contribution in [0.2, 0.25) is 0 Å². The molecular formula is C17H26N2O2. The SMILES string of the molecule is CCCC1NC(c2cccc(C)c2)N(CCCOC)C1=O. The Labute approximate surface area is 127 Å². The number of rotatable bonds is 7. The van der Waals surface area contributed by atoms with Crippen LogP contribution in [0.4, 0.5) is 0 Å². The van der Waals surface area contributed by atoms with Crippen molar-refractivity contribution in [1.29, 1.82) is 0 Å². The summed E-state index contributed by atoms with van der Waals surface area (Å²) < 4.78 is 5.11. The first-order valence-electron chi connectivity index (χ1n) is 7.79. The molecule has 0 aliphatic carbocycles. The van der Waals surface area contributed by atoms with Crippen molar-refractivity contribution >= 4 is 5.91 Å². The Balaban J connectivity index is 2.16. The number of benzene rings is 1. The lowest BCUT2D eigenvalue weighted by molar-refractivity contribution is -0.130. The van der Waals surface area contributed by atoms with Gasteiger partial charge in [0.2, 0.25) is 5.91 Å². The number of hydrogen-bond acceptors (Lipinski definition) is 3. The highest BCUT2D eigenvalue weighted by molar-refractivity contribution is 5.84. The third-order valence-electron chi connectivity index (χ3n) is 3.93. The van der Waals surface area contributed by atoms with Crippen LogP contribution >= 0.6 is 0 Å². The molecule has 0 saturated carbocycles. The maximum absolute atomic E-state index is 12.6. The molecule has 1 aromatic rings. The monoisotopic (exact) mass is 290 g/mol. The first kappa shape index (κ1) is 16.0. The summed E-state index contributed by atoms with van der Waals surface area (Å²) >= 11 is 0. The van der Waals surface area contributed by atoms with E-state index < -0.39 is 0 Å². The zero-order valence-corrected chi connectivity index (χ0v) is 13.3. The Kier molecular flexibility index (Phi) is 5.76. The second-order valence-electron chi connectivity index (χ2n) is 5.70. The minimum atomic E-state index is -0.0527. The van der Waals surface area contributed by atoms with E-state index in [1.165, 1.54) is 11.1 Å². The summed E-state index contributed by atoms with van der Waals surface area (Å²) in [5.74, 6) is 0.222. The molecule has 1 N–H and O–H groups in total. The zero-order chi connectivity index (χ0) is 15.2. The predicted octanol–water partition coefficient (Wildman–Crippen LogP) is 2.63. The average molecular weight is 290 g/mol. The number of carbonyl (C=O) groups is 1. The van der Waals surface area contributed by atoms with Crippen LogP contribution in [0.25, 0.3) is 0 Å². The Morgan fingerprint density at radius 3 is 2.86 bits per heavy atom. The van der Waals surface area contributed by atoms with E-state index in [1.54, 1.807) is 7.11 Å². The number of methoxy groups -OCH3 is 1. The van der Waals surface area contributed by atoms with Crippen molar-refractivity contribution in [2.45, 2.75) is 45.3 Å². The van der Waals surface area contributed by atoms with Gasteiger partial charge in [0.25, 0.3) is 0 Å². The molecule has 0 bridgehead atoms. The van der Waals surface area contributed by atoms with E-state index in [9.17, 15) is 4.79 Å². The number of nitrogens with one attached hydrogen (secondary N) is 1. The highest BCUT2D eigenvalue weighted by Gasteiger charge is 2.38. The molecule has 1 aliphatic heterocycles. The van der Waals surface area contributed by atoms with Gasteiger partial charge in [0.05, 0.1) is 6.04 Å². The molecule has 1 aromatic carbocycles. The fraction of sp³-hybridized carbons (Fsp3) is 0.588.